The van der Waals surface area contributed by atoms with Crippen LogP contribution in [0.1, 0.15) is 50.7 Å². The number of fused-ring (bicyclic) bond motifs is 3. The number of benzene rings is 1. The van der Waals surface area contributed by atoms with E-state index >= 15 is 0 Å². The molecule has 0 aliphatic carbocycles. The lowest BCUT2D eigenvalue weighted by molar-refractivity contribution is -0.178. The fraction of sp³-hybridized carbons (Fsp3) is 0.667. The Bertz CT molecular complexity index is 670. The molecule has 0 unspecified atom stereocenters. The van der Waals surface area contributed by atoms with Crippen molar-refractivity contribution in [1.82, 2.24) is 5.32 Å². The summed E-state index contributed by atoms with van der Waals surface area (Å²) in [5.41, 5.74) is 0.955. The number of ether oxygens (including phenoxy) is 3. The third kappa shape index (κ3) is 3.12. The molecule has 3 heterocycles. The van der Waals surface area contributed by atoms with Gasteiger partial charge in [0.05, 0.1) is 19.8 Å². The first-order chi connectivity index (χ1) is 12.6. The van der Waals surface area contributed by atoms with Crippen LogP contribution in [0.2, 0.25) is 0 Å². The summed E-state index contributed by atoms with van der Waals surface area (Å²) in [5.74, 6) is 0.954. The highest BCUT2D eigenvalue weighted by Crippen LogP contribution is 2.56. The summed E-state index contributed by atoms with van der Waals surface area (Å²) in [6, 6.07) is 8.18. The zero-order valence-electron chi connectivity index (χ0n) is 15.8. The number of hydrogen-bond donors (Lipinski definition) is 1. The van der Waals surface area contributed by atoms with Crippen molar-refractivity contribution in [2.75, 3.05) is 26.8 Å². The number of para-hydroxylation sites is 1. The van der Waals surface area contributed by atoms with Crippen LogP contribution in [0.25, 0.3) is 0 Å². The number of carbonyl (C=O) groups excluding carboxylic acids is 1. The summed E-state index contributed by atoms with van der Waals surface area (Å²) < 4.78 is 17.9. The second-order valence-electron chi connectivity index (χ2n) is 8.32. The molecule has 0 amide bonds. The maximum Gasteiger partial charge on any atom is 0.305 e. The van der Waals surface area contributed by atoms with E-state index in [0.717, 1.165) is 50.3 Å². The van der Waals surface area contributed by atoms with Gasteiger partial charge in [-0.3, -0.25) is 4.79 Å². The molecule has 2 saturated heterocycles. The molecule has 5 nitrogen and oxygen atoms in total. The zero-order chi connectivity index (χ0) is 18.2. The van der Waals surface area contributed by atoms with Gasteiger partial charge in [0.25, 0.3) is 0 Å². The first kappa shape index (κ1) is 17.8. The Kier molecular flexibility index (Phi) is 4.70. The molecule has 0 saturated carbocycles. The van der Waals surface area contributed by atoms with Crippen LogP contribution in [0.4, 0.5) is 0 Å². The Morgan fingerprint density at radius 1 is 1.31 bits per heavy atom. The van der Waals surface area contributed by atoms with E-state index in [1.165, 1.54) is 7.11 Å². The van der Waals surface area contributed by atoms with Crippen LogP contribution < -0.4 is 10.1 Å². The second-order valence-corrected chi connectivity index (χ2v) is 8.32. The van der Waals surface area contributed by atoms with E-state index in [-0.39, 0.29) is 23.4 Å². The summed E-state index contributed by atoms with van der Waals surface area (Å²) in [6.45, 7) is 5.07. The Labute approximate surface area is 155 Å². The maximum atomic E-state index is 11.8. The molecular formula is C21H29NO4. The van der Waals surface area contributed by atoms with Crippen LogP contribution in [0, 0.1) is 11.3 Å². The Morgan fingerprint density at radius 3 is 2.85 bits per heavy atom. The molecular weight excluding hydrogens is 330 g/mol. The van der Waals surface area contributed by atoms with Gasteiger partial charge in [-0.05, 0) is 57.2 Å². The van der Waals surface area contributed by atoms with Crippen molar-refractivity contribution in [3.8, 4) is 5.75 Å². The van der Waals surface area contributed by atoms with Crippen molar-refractivity contribution in [3.63, 3.8) is 0 Å². The molecule has 142 valence electrons. The normalized spacial score (nSPS) is 32.2. The topological polar surface area (TPSA) is 56.8 Å². The fourth-order valence-electron chi connectivity index (χ4n) is 4.99. The highest BCUT2D eigenvalue weighted by atomic mass is 16.5. The smallest absolute Gasteiger partial charge is 0.305 e. The van der Waals surface area contributed by atoms with Crippen LogP contribution in [-0.4, -0.2) is 38.4 Å². The Hall–Kier alpha value is -1.59. The van der Waals surface area contributed by atoms with Crippen molar-refractivity contribution in [2.45, 2.75) is 50.7 Å². The fourth-order valence-corrected chi connectivity index (χ4v) is 4.99. The standard InChI is InChI=1S/C21H29NO4/c1-20(8-7-18(23)24-2)16-13-21(9-11-22-12-10-21)14-25-19(16)15-5-3-4-6-17(15)26-20/h3-6,16,19,22H,7-14H2,1-2H3/t16-,19+,20-/m0/s1. The molecule has 1 spiro atoms. The van der Waals surface area contributed by atoms with Gasteiger partial charge in [-0.15, -0.1) is 0 Å². The van der Waals surface area contributed by atoms with Crippen LogP contribution in [-0.2, 0) is 14.3 Å². The number of nitrogens with one attached hydrogen (secondary N) is 1. The summed E-state index contributed by atoms with van der Waals surface area (Å²) in [7, 11) is 1.44. The molecule has 3 aliphatic rings. The molecule has 1 N–H and O–H groups in total. The second kappa shape index (κ2) is 6.86. The third-order valence-electron chi connectivity index (χ3n) is 6.66. The Morgan fingerprint density at radius 2 is 2.08 bits per heavy atom. The Balaban J connectivity index is 1.65. The molecule has 3 aliphatic heterocycles. The first-order valence-electron chi connectivity index (χ1n) is 9.72. The van der Waals surface area contributed by atoms with E-state index in [1.807, 2.05) is 12.1 Å². The lowest BCUT2D eigenvalue weighted by Crippen LogP contribution is -2.55. The summed E-state index contributed by atoms with van der Waals surface area (Å²) >= 11 is 0. The van der Waals surface area contributed by atoms with Crippen molar-refractivity contribution in [2.24, 2.45) is 11.3 Å². The minimum absolute atomic E-state index is 0.0445. The molecule has 3 atom stereocenters. The van der Waals surface area contributed by atoms with E-state index < -0.39 is 5.60 Å². The highest BCUT2D eigenvalue weighted by Gasteiger charge is 2.53. The van der Waals surface area contributed by atoms with Crippen molar-refractivity contribution < 1.29 is 19.0 Å². The van der Waals surface area contributed by atoms with Gasteiger partial charge < -0.3 is 19.5 Å². The molecule has 26 heavy (non-hydrogen) atoms. The van der Waals surface area contributed by atoms with Gasteiger partial charge in [0.1, 0.15) is 11.4 Å². The van der Waals surface area contributed by atoms with Crippen LogP contribution in [0.5, 0.6) is 5.75 Å². The molecule has 0 radical (unpaired) electrons. The molecule has 1 aromatic carbocycles. The number of esters is 1. The molecule has 0 aromatic heterocycles. The monoisotopic (exact) mass is 359 g/mol. The van der Waals surface area contributed by atoms with Crippen molar-refractivity contribution in [3.05, 3.63) is 29.8 Å². The molecule has 5 heteroatoms. The lowest BCUT2D eigenvalue weighted by atomic mass is 9.63. The third-order valence-corrected chi connectivity index (χ3v) is 6.66. The van der Waals surface area contributed by atoms with Gasteiger partial charge in [-0.1, -0.05) is 18.2 Å². The quantitative estimate of drug-likeness (QED) is 0.840. The van der Waals surface area contributed by atoms with Gasteiger partial charge in [0, 0.05) is 17.9 Å². The van der Waals surface area contributed by atoms with Crippen LogP contribution >= 0.6 is 0 Å². The van der Waals surface area contributed by atoms with E-state index in [1.54, 1.807) is 0 Å². The number of hydrogen-bond acceptors (Lipinski definition) is 5. The van der Waals surface area contributed by atoms with E-state index in [0.29, 0.717) is 12.8 Å². The summed E-state index contributed by atoms with van der Waals surface area (Å²) in [4.78, 5) is 11.8. The molecule has 0 bridgehead atoms. The summed E-state index contributed by atoms with van der Waals surface area (Å²) in [6.07, 6.45) is 4.43. The molecule has 4 rings (SSSR count). The van der Waals surface area contributed by atoms with Crippen molar-refractivity contribution in [1.29, 1.82) is 0 Å². The largest absolute Gasteiger partial charge is 0.487 e. The van der Waals surface area contributed by atoms with E-state index in [9.17, 15) is 4.79 Å². The number of carbonyl (C=O) groups is 1. The van der Waals surface area contributed by atoms with Crippen molar-refractivity contribution >= 4 is 5.97 Å². The predicted molar refractivity (Wildman–Crippen MR) is 98.1 cm³/mol. The minimum Gasteiger partial charge on any atom is -0.487 e. The molecule has 1 aromatic rings. The van der Waals surface area contributed by atoms with Gasteiger partial charge in [0.2, 0.25) is 0 Å². The number of rotatable bonds is 3. The minimum atomic E-state index is -0.425. The summed E-state index contributed by atoms with van der Waals surface area (Å²) in [5, 5.41) is 3.46. The number of piperidine rings is 1. The average Bonchev–Trinajstić information content (AvgIpc) is 2.67. The van der Waals surface area contributed by atoms with Crippen LogP contribution in [0.15, 0.2) is 24.3 Å². The van der Waals surface area contributed by atoms with E-state index in [2.05, 4.69) is 24.4 Å². The van der Waals surface area contributed by atoms with Gasteiger partial charge >= 0.3 is 5.97 Å². The first-order valence-corrected chi connectivity index (χ1v) is 9.72. The van der Waals surface area contributed by atoms with Gasteiger partial charge in [0.15, 0.2) is 0 Å². The van der Waals surface area contributed by atoms with Gasteiger partial charge in [-0.25, -0.2) is 0 Å². The predicted octanol–water partition coefficient (Wildman–Crippen LogP) is 3.24. The SMILES string of the molecule is COC(=O)CC[C@]1(C)Oc2ccccc2[C@H]2OCC3(CCNCC3)C[C@@H]21. The average molecular weight is 359 g/mol. The van der Waals surface area contributed by atoms with Gasteiger partial charge in [-0.2, -0.15) is 0 Å². The molecule has 2 fully saturated rings. The maximum absolute atomic E-state index is 11.8. The lowest BCUT2D eigenvalue weighted by Gasteiger charge is -2.54. The van der Waals surface area contributed by atoms with E-state index in [4.69, 9.17) is 14.2 Å². The highest BCUT2D eigenvalue weighted by molar-refractivity contribution is 5.69. The number of methoxy groups -OCH3 is 1. The zero-order valence-corrected chi connectivity index (χ0v) is 15.8. The van der Waals surface area contributed by atoms with Crippen LogP contribution in [0.3, 0.4) is 0 Å².